The van der Waals surface area contributed by atoms with Crippen LogP contribution in [0.3, 0.4) is 0 Å². The number of ether oxygens (including phenoxy) is 1. The van der Waals surface area contributed by atoms with Gasteiger partial charge in [-0.2, -0.15) is 8.42 Å². The van der Waals surface area contributed by atoms with Gasteiger partial charge in [-0.3, -0.25) is 24.1 Å². The number of imide groups is 1. The Hall–Kier alpha value is -3.16. The van der Waals surface area contributed by atoms with Crippen LogP contribution in [0, 0.1) is 0 Å². The van der Waals surface area contributed by atoms with Crippen molar-refractivity contribution in [2.75, 3.05) is 18.5 Å². The lowest BCUT2D eigenvalue weighted by Gasteiger charge is -2.11. The SMILES string of the molecule is CCOC(=O)CN1C(=O)S/C(=C\c2ccc(OS(=O)(=O)c3ccc(NC(C)=O)cc3)c(Br)c2)C1=O. The van der Waals surface area contributed by atoms with Gasteiger partial charge in [-0.05, 0) is 82.7 Å². The van der Waals surface area contributed by atoms with E-state index in [1.54, 1.807) is 6.92 Å². The Morgan fingerprint density at radius 1 is 1.14 bits per heavy atom. The molecule has 1 aliphatic rings. The monoisotopic (exact) mass is 582 g/mol. The van der Waals surface area contributed by atoms with Crippen LogP contribution in [-0.4, -0.2) is 49.5 Å². The average molecular weight is 583 g/mol. The Kier molecular flexibility index (Phi) is 8.35. The molecule has 0 aliphatic carbocycles. The number of hydrogen-bond donors (Lipinski definition) is 1. The van der Waals surface area contributed by atoms with Crippen LogP contribution < -0.4 is 9.50 Å². The summed E-state index contributed by atoms with van der Waals surface area (Å²) < 4.78 is 35.5. The highest BCUT2D eigenvalue weighted by Gasteiger charge is 2.36. The van der Waals surface area contributed by atoms with Crippen molar-refractivity contribution in [3.63, 3.8) is 0 Å². The Morgan fingerprint density at radius 3 is 2.43 bits per heavy atom. The van der Waals surface area contributed by atoms with Crippen molar-refractivity contribution in [2.24, 2.45) is 0 Å². The van der Waals surface area contributed by atoms with Crippen LogP contribution in [0.5, 0.6) is 5.75 Å². The highest BCUT2D eigenvalue weighted by Crippen LogP contribution is 2.34. The quantitative estimate of drug-likeness (QED) is 0.280. The first kappa shape index (κ1) is 26.4. The summed E-state index contributed by atoms with van der Waals surface area (Å²) in [6.45, 7) is 2.61. The Morgan fingerprint density at radius 2 is 1.83 bits per heavy atom. The van der Waals surface area contributed by atoms with Gasteiger partial charge in [0.25, 0.3) is 11.1 Å². The zero-order valence-corrected chi connectivity index (χ0v) is 21.7. The summed E-state index contributed by atoms with van der Waals surface area (Å²) in [5, 5.41) is 1.95. The van der Waals surface area contributed by atoms with Crippen LogP contribution in [0.1, 0.15) is 19.4 Å². The Labute approximate surface area is 213 Å². The summed E-state index contributed by atoms with van der Waals surface area (Å²) in [6.07, 6.45) is 1.44. The molecule has 35 heavy (non-hydrogen) atoms. The molecule has 1 heterocycles. The molecule has 0 atom stereocenters. The molecule has 0 aromatic heterocycles. The number of amides is 3. The van der Waals surface area contributed by atoms with E-state index >= 15 is 0 Å². The van der Waals surface area contributed by atoms with Crippen LogP contribution >= 0.6 is 27.7 Å². The normalized spacial score (nSPS) is 14.8. The molecule has 1 saturated heterocycles. The number of hydrogen-bond acceptors (Lipinski definition) is 9. The first-order chi connectivity index (χ1) is 16.5. The van der Waals surface area contributed by atoms with Gasteiger partial charge >= 0.3 is 16.1 Å². The predicted octanol–water partition coefficient (Wildman–Crippen LogP) is 3.77. The zero-order chi connectivity index (χ0) is 25.8. The summed E-state index contributed by atoms with van der Waals surface area (Å²) in [7, 11) is -4.17. The number of nitrogens with one attached hydrogen (secondary N) is 1. The van der Waals surface area contributed by atoms with Crippen molar-refractivity contribution in [2.45, 2.75) is 18.7 Å². The summed E-state index contributed by atoms with van der Waals surface area (Å²) in [6, 6.07) is 9.89. The van der Waals surface area contributed by atoms with Crippen molar-refractivity contribution >= 4 is 72.6 Å². The third-order valence-corrected chi connectivity index (χ3v) is 7.16. The Bertz CT molecular complexity index is 1320. The molecule has 1 aliphatic heterocycles. The molecule has 0 spiro atoms. The molecule has 0 unspecified atom stereocenters. The van der Waals surface area contributed by atoms with E-state index in [0.29, 0.717) is 23.0 Å². The molecule has 184 valence electrons. The van der Waals surface area contributed by atoms with E-state index in [9.17, 15) is 27.6 Å². The first-order valence-electron chi connectivity index (χ1n) is 10.0. The second-order valence-electron chi connectivity index (χ2n) is 7.01. The topological polar surface area (TPSA) is 136 Å². The first-order valence-corrected chi connectivity index (χ1v) is 13.0. The van der Waals surface area contributed by atoms with Crippen molar-refractivity contribution in [1.29, 1.82) is 0 Å². The molecule has 3 rings (SSSR count). The minimum atomic E-state index is -4.17. The molecule has 10 nitrogen and oxygen atoms in total. The number of rotatable bonds is 8. The lowest BCUT2D eigenvalue weighted by atomic mass is 10.2. The van der Waals surface area contributed by atoms with Crippen molar-refractivity contribution in [1.82, 2.24) is 4.90 Å². The highest BCUT2D eigenvalue weighted by atomic mass is 79.9. The molecule has 0 bridgehead atoms. The van der Waals surface area contributed by atoms with E-state index in [2.05, 4.69) is 21.2 Å². The largest absolute Gasteiger partial charge is 0.465 e. The average Bonchev–Trinajstić information content (AvgIpc) is 3.03. The van der Waals surface area contributed by atoms with Gasteiger partial charge in [0.2, 0.25) is 5.91 Å². The van der Waals surface area contributed by atoms with Gasteiger partial charge in [-0.25, -0.2) is 0 Å². The molecule has 1 fully saturated rings. The zero-order valence-electron chi connectivity index (χ0n) is 18.4. The fraction of sp³-hybridized carbons (Fsp3) is 0.182. The van der Waals surface area contributed by atoms with Gasteiger partial charge in [0.15, 0.2) is 5.75 Å². The molecule has 0 saturated carbocycles. The minimum absolute atomic E-state index is 0.00324. The maximum atomic E-state index is 12.6. The lowest BCUT2D eigenvalue weighted by molar-refractivity contribution is -0.146. The third kappa shape index (κ3) is 6.71. The number of halogens is 1. The van der Waals surface area contributed by atoms with E-state index in [-0.39, 0.29) is 32.5 Å². The van der Waals surface area contributed by atoms with Crippen LogP contribution in [0.2, 0.25) is 0 Å². The van der Waals surface area contributed by atoms with Gasteiger partial charge in [0, 0.05) is 12.6 Å². The third-order valence-electron chi connectivity index (χ3n) is 4.38. The summed E-state index contributed by atoms with van der Waals surface area (Å²) in [5.41, 5.74) is 0.927. The second kappa shape index (κ2) is 11.1. The maximum Gasteiger partial charge on any atom is 0.339 e. The van der Waals surface area contributed by atoms with Crippen LogP contribution in [0.15, 0.2) is 56.7 Å². The molecule has 13 heteroatoms. The van der Waals surface area contributed by atoms with Gasteiger partial charge < -0.3 is 14.2 Å². The number of carbonyl (C=O) groups excluding carboxylic acids is 4. The van der Waals surface area contributed by atoms with Crippen molar-refractivity contribution in [3.8, 4) is 5.75 Å². The van der Waals surface area contributed by atoms with Crippen LogP contribution in [0.4, 0.5) is 10.5 Å². The van der Waals surface area contributed by atoms with Gasteiger partial charge in [0.1, 0.15) is 11.4 Å². The molecule has 2 aromatic rings. The molecule has 0 radical (unpaired) electrons. The van der Waals surface area contributed by atoms with Gasteiger partial charge in [0.05, 0.1) is 16.0 Å². The Balaban J connectivity index is 1.74. The summed E-state index contributed by atoms with van der Waals surface area (Å²) in [4.78, 5) is 48.1. The number of anilines is 1. The summed E-state index contributed by atoms with van der Waals surface area (Å²) in [5.74, 6) is -1.60. The van der Waals surface area contributed by atoms with Crippen molar-refractivity contribution in [3.05, 3.63) is 57.4 Å². The fourth-order valence-electron chi connectivity index (χ4n) is 2.87. The second-order valence-corrected chi connectivity index (χ2v) is 10.4. The molecular weight excluding hydrogens is 564 g/mol. The standard InChI is InChI=1S/C22H19BrN2O8S2/c1-3-32-20(27)12-25-21(28)19(34-22(25)29)11-14-4-9-18(17(23)10-14)33-35(30,31)16-7-5-15(6-8-16)24-13(2)26/h4-11H,3,12H2,1-2H3,(H,24,26)/b19-11-. The minimum Gasteiger partial charge on any atom is -0.465 e. The predicted molar refractivity (Wildman–Crippen MR) is 132 cm³/mol. The number of thioether (sulfide) groups is 1. The van der Waals surface area contributed by atoms with Gasteiger partial charge in [-0.1, -0.05) is 6.07 Å². The van der Waals surface area contributed by atoms with Gasteiger partial charge in [-0.15, -0.1) is 0 Å². The van der Waals surface area contributed by atoms with E-state index in [1.807, 2.05) is 0 Å². The molecule has 1 N–H and O–H groups in total. The number of nitrogens with zero attached hydrogens (tertiary/aromatic N) is 1. The van der Waals surface area contributed by atoms with E-state index in [1.165, 1.54) is 55.5 Å². The fourth-order valence-corrected chi connectivity index (χ4v) is 5.24. The maximum absolute atomic E-state index is 12.6. The number of benzene rings is 2. The smallest absolute Gasteiger partial charge is 0.339 e. The van der Waals surface area contributed by atoms with Crippen LogP contribution in [-0.2, 0) is 29.2 Å². The lowest BCUT2D eigenvalue weighted by Crippen LogP contribution is -2.34. The van der Waals surface area contributed by atoms with E-state index < -0.39 is 33.8 Å². The van der Waals surface area contributed by atoms with Crippen LogP contribution in [0.25, 0.3) is 6.08 Å². The highest BCUT2D eigenvalue weighted by molar-refractivity contribution is 9.10. The molecule has 3 amide bonds. The van der Waals surface area contributed by atoms with Crippen molar-refractivity contribution < 1.29 is 36.5 Å². The molecular formula is C22H19BrN2O8S2. The van der Waals surface area contributed by atoms with E-state index in [0.717, 1.165) is 4.90 Å². The summed E-state index contributed by atoms with van der Waals surface area (Å²) >= 11 is 3.93. The number of carbonyl (C=O) groups is 4. The molecule has 2 aromatic carbocycles. The number of esters is 1. The van der Waals surface area contributed by atoms with E-state index in [4.69, 9.17) is 8.92 Å².